The van der Waals surface area contributed by atoms with Crippen LogP contribution >= 0.6 is 0 Å². The van der Waals surface area contributed by atoms with Crippen molar-refractivity contribution in [3.8, 4) is 0 Å². The van der Waals surface area contributed by atoms with E-state index in [-0.39, 0.29) is 17.2 Å². The molecule has 0 radical (unpaired) electrons. The van der Waals surface area contributed by atoms with Gasteiger partial charge in [0.25, 0.3) is 0 Å². The minimum Gasteiger partial charge on any atom is -0.443 e. The second-order valence-electron chi connectivity index (χ2n) is 13.7. The lowest BCUT2D eigenvalue weighted by molar-refractivity contribution is 0.00578. The molecule has 2 heterocycles. The highest BCUT2D eigenvalue weighted by Crippen LogP contribution is 2.38. The number of rotatable bonds is 2. The maximum Gasteiger partial charge on any atom is 0.494 e. The Bertz CT molecular complexity index is 1190. The van der Waals surface area contributed by atoms with Crippen molar-refractivity contribution in [1.82, 2.24) is 4.90 Å². The third-order valence-electron chi connectivity index (χ3n) is 6.96. The Kier molecular flexibility index (Phi) is 8.46. The fourth-order valence-electron chi connectivity index (χ4n) is 4.09. The van der Waals surface area contributed by atoms with E-state index >= 15 is 4.39 Å². The number of amides is 2. The number of halogens is 1. The van der Waals surface area contributed by atoms with Crippen molar-refractivity contribution in [1.29, 1.82) is 0 Å². The Balaban J connectivity index is 2.12. The van der Waals surface area contributed by atoms with Crippen LogP contribution in [-0.4, -0.2) is 67.2 Å². The maximum atomic E-state index is 15.3. The lowest BCUT2D eigenvalue weighted by atomic mass is 9.78. The van der Waals surface area contributed by atoms with Gasteiger partial charge in [-0.25, -0.2) is 14.0 Å². The minimum absolute atomic E-state index is 0.0310. The average Bonchev–Trinajstić information content (AvgIpc) is 2.96. The molecule has 1 saturated heterocycles. The number of hydrogen-bond acceptors (Lipinski definition) is 8. The Morgan fingerprint density at radius 3 is 1.90 bits per heavy atom. The van der Waals surface area contributed by atoms with Crippen LogP contribution in [0.4, 0.5) is 14.0 Å². The molecule has 1 fully saturated rings. The zero-order valence-corrected chi connectivity index (χ0v) is 26.4. The molecule has 2 aliphatic heterocycles. The number of benzene rings is 1. The van der Waals surface area contributed by atoms with Crippen molar-refractivity contribution in [3.05, 3.63) is 29.6 Å². The normalized spacial score (nSPS) is 23.8. The van der Waals surface area contributed by atoms with Gasteiger partial charge in [0.1, 0.15) is 22.9 Å². The predicted octanol–water partition coefficient (Wildman–Crippen LogP) is 5.28. The average molecular weight is 581 g/mol. The van der Waals surface area contributed by atoms with Gasteiger partial charge in [0.05, 0.1) is 27.7 Å². The van der Waals surface area contributed by atoms with Crippen LogP contribution in [0.3, 0.4) is 0 Å². The van der Waals surface area contributed by atoms with Gasteiger partial charge in [-0.15, -0.1) is 0 Å². The van der Waals surface area contributed by atoms with E-state index in [1.807, 2.05) is 27.7 Å². The highest BCUT2D eigenvalue weighted by molar-refractivity contribution is 7.87. The molecule has 40 heavy (non-hydrogen) atoms. The molecule has 0 saturated carbocycles. The third kappa shape index (κ3) is 6.77. The van der Waals surface area contributed by atoms with Gasteiger partial charge in [0.15, 0.2) is 0 Å². The largest absolute Gasteiger partial charge is 0.494 e. The van der Waals surface area contributed by atoms with E-state index < -0.39 is 69.1 Å². The molecule has 0 aromatic heterocycles. The predicted molar refractivity (Wildman–Crippen MR) is 154 cm³/mol. The first-order chi connectivity index (χ1) is 17.9. The summed E-state index contributed by atoms with van der Waals surface area (Å²) in [7, 11) is -2.42. The number of hydrogen-bond donors (Lipinski definition) is 0. The third-order valence-corrected chi connectivity index (χ3v) is 8.90. The number of aliphatic imine (C=N–C) groups is 1. The molecular formula is C28H42BFN2O7S. The first-order valence-corrected chi connectivity index (χ1v) is 14.6. The summed E-state index contributed by atoms with van der Waals surface area (Å²) >= 11 is 0. The van der Waals surface area contributed by atoms with Gasteiger partial charge >= 0.3 is 19.3 Å². The van der Waals surface area contributed by atoms with Crippen molar-refractivity contribution in [2.24, 2.45) is 4.99 Å². The standard InChI is InChI=1S/C28H42BFN2O7S/c1-24(2,3)36-22(33)32(23(34)37-25(4,5)6)21-26(7,8)40(35)16-20(31-21)18-15-17(13-14-19(18)30)29-38-27(9,10)28(11,12)39-29/h13-15,20H,16H2,1-12H3. The maximum absolute atomic E-state index is 15.3. The van der Waals surface area contributed by atoms with E-state index in [1.165, 1.54) is 6.07 Å². The van der Waals surface area contributed by atoms with Gasteiger partial charge in [-0.3, -0.25) is 9.20 Å². The molecule has 12 heteroatoms. The number of carbonyl (C=O) groups is 2. The van der Waals surface area contributed by atoms with Gasteiger partial charge in [-0.1, -0.05) is 12.1 Å². The fourth-order valence-corrected chi connectivity index (χ4v) is 5.39. The molecule has 2 aliphatic rings. The molecule has 2 amide bonds. The summed E-state index contributed by atoms with van der Waals surface area (Å²) in [5.41, 5.74) is -2.39. The molecule has 0 aliphatic carbocycles. The Hall–Kier alpha value is -2.31. The summed E-state index contributed by atoms with van der Waals surface area (Å²) in [6, 6.07) is 3.46. The van der Waals surface area contributed by atoms with Gasteiger partial charge in [0, 0.05) is 16.4 Å². The SMILES string of the molecule is CC(C)(C)OC(=O)N(C(=O)OC(C)(C)C)C1=NC(c2cc(B3OC(C)(C)C(C)(C)O3)ccc2F)CS(=O)C1(C)C. The molecule has 9 nitrogen and oxygen atoms in total. The molecular weight excluding hydrogens is 538 g/mol. The lowest BCUT2D eigenvalue weighted by Gasteiger charge is -2.38. The number of imide groups is 1. The van der Waals surface area contributed by atoms with E-state index in [4.69, 9.17) is 18.8 Å². The van der Waals surface area contributed by atoms with Crippen LogP contribution in [0.15, 0.2) is 23.2 Å². The summed E-state index contributed by atoms with van der Waals surface area (Å²) in [4.78, 5) is 32.1. The zero-order valence-electron chi connectivity index (χ0n) is 25.6. The Morgan fingerprint density at radius 2 is 1.45 bits per heavy atom. The molecule has 0 N–H and O–H groups in total. The summed E-state index contributed by atoms with van der Waals surface area (Å²) < 4.78 is 50.9. The number of nitrogens with zero attached hydrogens (tertiary/aromatic N) is 2. The molecule has 2 atom stereocenters. The van der Waals surface area contributed by atoms with Crippen molar-refractivity contribution >= 4 is 41.4 Å². The smallest absolute Gasteiger partial charge is 0.443 e. The first kappa shape index (κ1) is 32.2. The molecule has 0 spiro atoms. The van der Waals surface area contributed by atoms with E-state index in [1.54, 1.807) is 67.5 Å². The highest BCUT2D eigenvalue weighted by atomic mass is 32.2. The summed E-state index contributed by atoms with van der Waals surface area (Å²) in [5.74, 6) is -0.742. The lowest BCUT2D eigenvalue weighted by Crippen LogP contribution is -2.57. The van der Waals surface area contributed by atoms with Gasteiger partial charge in [0.2, 0.25) is 0 Å². The number of ether oxygens (including phenoxy) is 2. The van der Waals surface area contributed by atoms with E-state index in [2.05, 4.69) is 4.99 Å². The van der Waals surface area contributed by atoms with Crippen LogP contribution in [-0.2, 0) is 29.6 Å². The van der Waals surface area contributed by atoms with E-state index in [0.29, 0.717) is 10.4 Å². The van der Waals surface area contributed by atoms with Gasteiger partial charge in [-0.2, -0.15) is 4.90 Å². The summed E-state index contributed by atoms with van der Waals surface area (Å²) in [5, 5.41) is 0. The topological polar surface area (TPSA) is 104 Å². The van der Waals surface area contributed by atoms with Crippen LogP contribution < -0.4 is 5.46 Å². The van der Waals surface area contributed by atoms with E-state index in [9.17, 15) is 13.8 Å². The number of carbonyl (C=O) groups excluding carboxylic acids is 2. The van der Waals surface area contributed by atoms with Crippen LogP contribution in [0.2, 0.25) is 0 Å². The van der Waals surface area contributed by atoms with Crippen LogP contribution in [0.1, 0.15) is 94.7 Å². The quantitative estimate of drug-likeness (QED) is 0.439. The molecule has 1 aromatic carbocycles. The van der Waals surface area contributed by atoms with Crippen LogP contribution in [0.5, 0.6) is 0 Å². The molecule has 2 unspecified atom stereocenters. The molecule has 222 valence electrons. The Morgan fingerprint density at radius 1 is 0.975 bits per heavy atom. The highest BCUT2D eigenvalue weighted by Gasteiger charge is 2.52. The van der Waals surface area contributed by atoms with Crippen LogP contribution in [0.25, 0.3) is 0 Å². The first-order valence-electron chi connectivity index (χ1n) is 13.3. The van der Waals surface area contributed by atoms with Crippen LogP contribution in [0, 0.1) is 5.82 Å². The molecule has 1 aromatic rings. The summed E-state index contributed by atoms with van der Waals surface area (Å²) in [6.45, 7) is 20.8. The second-order valence-corrected chi connectivity index (χ2v) is 15.7. The van der Waals surface area contributed by atoms with E-state index in [0.717, 1.165) is 0 Å². The van der Waals surface area contributed by atoms with Crippen molar-refractivity contribution in [2.75, 3.05) is 5.75 Å². The fraction of sp³-hybridized carbons (Fsp3) is 0.679. The summed E-state index contributed by atoms with van der Waals surface area (Å²) in [6.07, 6.45) is -2.06. The minimum atomic E-state index is -1.67. The molecule has 0 bridgehead atoms. The van der Waals surface area contributed by atoms with Crippen molar-refractivity contribution in [3.63, 3.8) is 0 Å². The second kappa shape index (κ2) is 10.5. The Labute approximate surface area is 239 Å². The molecule has 3 rings (SSSR count). The van der Waals surface area contributed by atoms with Gasteiger partial charge < -0.3 is 18.8 Å². The van der Waals surface area contributed by atoms with Gasteiger partial charge in [-0.05, 0) is 94.6 Å². The monoisotopic (exact) mass is 580 g/mol. The van der Waals surface area contributed by atoms with Crippen molar-refractivity contribution in [2.45, 2.75) is 116 Å². The zero-order chi connectivity index (χ0) is 30.6. The van der Waals surface area contributed by atoms with Crippen molar-refractivity contribution < 1.29 is 37.0 Å². The number of amidine groups is 1.